The van der Waals surface area contributed by atoms with Gasteiger partial charge >= 0.3 is 5.97 Å². The highest BCUT2D eigenvalue weighted by molar-refractivity contribution is 7.17. The van der Waals surface area contributed by atoms with E-state index in [2.05, 4.69) is 5.32 Å². The molecule has 1 N–H and O–H groups in total. The van der Waals surface area contributed by atoms with Crippen molar-refractivity contribution in [2.45, 2.75) is 39.5 Å². The van der Waals surface area contributed by atoms with Crippen molar-refractivity contribution in [3.8, 4) is 0 Å². The van der Waals surface area contributed by atoms with E-state index in [-0.39, 0.29) is 11.9 Å². The van der Waals surface area contributed by atoms with Gasteiger partial charge < -0.3 is 10.1 Å². The van der Waals surface area contributed by atoms with Crippen LogP contribution in [0.3, 0.4) is 0 Å². The largest absolute Gasteiger partial charge is 0.462 e. The second kappa shape index (κ2) is 7.18. The predicted octanol–water partition coefficient (Wildman–Crippen LogP) is 4.36. The highest BCUT2D eigenvalue weighted by Gasteiger charge is 2.27. The molecular weight excluding hydrogens is 322 g/mol. The molecule has 0 spiro atoms. The molecule has 3 rings (SSSR count). The van der Waals surface area contributed by atoms with E-state index in [1.165, 1.54) is 16.2 Å². The van der Waals surface area contributed by atoms with Gasteiger partial charge in [-0.1, -0.05) is 17.7 Å². The summed E-state index contributed by atoms with van der Waals surface area (Å²) in [5.74, 6) is -0.532. The van der Waals surface area contributed by atoms with Crippen molar-refractivity contribution in [2.24, 2.45) is 0 Å². The SMILES string of the molecule is CCOC(=O)c1c(NC(=O)c2ccc(C)cc2)sc2c1CCCC2. The monoisotopic (exact) mass is 343 g/mol. The lowest BCUT2D eigenvalue weighted by Gasteiger charge is -2.12. The van der Waals surface area contributed by atoms with Gasteiger partial charge in [-0.2, -0.15) is 0 Å². The minimum absolute atomic E-state index is 0.195. The number of hydrogen-bond donors (Lipinski definition) is 1. The van der Waals surface area contributed by atoms with Crippen LogP contribution in [0.15, 0.2) is 24.3 Å². The van der Waals surface area contributed by atoms with E-state index in [9.17, 15) is 9.59 Å². The first-order chi connectivity index (χ1) is 11.6. The van der Waals surface area contributed by atoms with Crippen LogP contribution in [0, 0.1) is 6.92 Å². The summed E-state index contributed by atoms with van der Waals surface area (Å²) in [5.41, 5.74) is 3.30. The second-order valence-corrected chi connectivity index (χ2v) is 7.06. The highest BCUT2D eigenvalue weighted by Crippen LogP contribution is 2.38. The van der Waals surface area contributed by atoms with Crippen molar-refractivity contribution in [3.63, 3.8) is 0 Å². The van der Waals surface area contributed by atoms with Gasteiger partial charge in [-0.05, 0) is 57.2 Å². The normalized spacial score (nSPS) is 13.2. The minimum Gasteiger partial charge on any atom is -0.462 e. The van der Waals surface area contributed by atoms with Crippen LogP contribution in [-0.2, 0) is 17.6 Å². The lowest BCUT2D eigenvalue weighted by Crippen LogP contribution is -2.15. The Morgan fingerprint density at radius 1 is 1.17 bits per heavy atom. The van der Waals surface area contributed by atoms with Gasteiger partial charge in [-0.15, -0.1) is 11.3 Å². The summed E-state index contributed by atoms with van der Waals surface area (Å²) in [6.07, 6.45) is 4.04. The average Bonchev–Trinajstić information content (AvgIpc) is 2.93. The number of anilines is 1. The number of rotatable bonds is 4. The Morgan fingerprint density at radius 3 is 2.58 bits per heavy atom. The third-order valence-corrected chi connectivity index (χ3v) is 5.40. The summed E-state index contributed by atoms with van der Waals surface area (Å²) in [6, 6.07) is 7.39. The van der Waals surface area contributed by atoms with Crippen LogP contribution in [0.1, 0.15) is 56.5 Å². The first-order valence-electron chi connectivity index (χ1n) is 8.29. The number of aryl methyl sites for hydroxylation is 2. The Balaban J connectivity index is 1.91. The molecule has 1 aromatic heterocycles. The Kier molecular flexibility index (Phi) is 5.00. The minimum atomic E-state index is -0.337. The first kappa shape index (κ1) is 16.7. The van der Waals surface area contributed by atoms with Crippen molar-refractivity contribution in [1.82, 2.24) is 0 Å². The average molecular weight is 343 g/mol. The quantitative estimate of drug-likeness (QED) is 0.839. The van der Waals surface area contributed by atoms with Gasteiger partial charge in [0.15, 0.2) is 0 Å². The van der Waals surface area contributed by atoms with Crippen LogP contribution in [0.5, 0.6) is 0 Å². The molecule has 0 atom stereocenters. The molecule has 1 aliphatic rings. The van der Waals surface area contributed by atoms with Crippen LogP contribution < -0.4 is 5.32 Å². The maximum atomic E-state index is 12.5. The van der Waals surface area contributed by atoms with E-state index in [1.807, 2.05) is 19.1 Å². The maximum Gasteiger partial charge on any atom is 0.341 e. The third kappa shape index (κ3) is 3.36. The van der Waals surface area contributed by atoms with Crippen molar-refractivity contribution in [2.75, 3.05) is 11.9 Å². The lowest BCUT2D eigenvalue weighted by atomic mass is 9.95. The number of carbonyl (C=O) groups is 2. The number of thiophene rings is 1. The van der Waals surface area contributed by atoms with Gasteiger partial charge in [0, 0.05) is 10.4 Å². The standard InChI is InChI=1S/C19H21NO3S/c1-3-23-19(22)16-14-6-4-5-7-15(14)24-18(16)20-17(21)13-10-8-12(2)9-11-13/h8-11H,3-7H2,1-2H3,(H,20,21). The summed E-state index contributed by atoms with van der Waals surface area (Å²) in [4.78, 5) is 26.1. The Morgan fingerprint density at radius 2 is 1.88 bits per heavy atom. The molecule has 2 aromatic rings. The zero-order valence-electron chi connectivity index (χ0n) is 14.0. The summed E-state index contributed by atoms with van der Waals surface area (Å²) < 4.78 is 5.21. The maximum absolute atomic E-state index is 12.5. The number of hydrogen-bond acceptors (Lipinski definition) is 4. The van der Waals surface area contributed by atoms with Crippen molar-refractivity contribution in [3.05, 3.63) is 51.4 Å². The number of benzene rings is 1. The summed E-state index contributed by atoms with van der Waals surface area (Å²) >= 11 is 1.51. The van der Waals surface area contributed by atoms with E-state index in [0.717, 1.165) is 36.8 Å². The van der Waals surface area contributed by atoms with Crippen LogP contribution in [-0.4, -0.2) is 18.5 Å². The lowest BCUT2D eigenvalue weighted by molar-refractivity contribution is 0.0526. The molecule has 0 bridgehead atoms. The second-order valence-electron chi connectivity index (χ2n) is 5.96. The van der Waals surface area contributed by atoms with Gasteiger partial charge in [-0.25, -0.2) is 4.79 Å². The Bertz CT molecular complexity index is 762. The molecule has 0 saturated carbocycles. The Labute approximate surface area is 145 Å². The molecule has 0 unspecified atom stereocenters. The van der Waals surface area contributed by atoms with Crippen molar-refractivity contribution < 1.29 is 14.3 Å². The van der Waals surface area contributed by atoms with E-state index < -0.39 is 0 Å². The molecule has 126 valence electrons. The van der Waals surface area contributed by atoms with E-state index in [4.69, 9.17) is 4.74 Å². The van der Waals surface area contributed by atoms with Crippen LogP contribution in [0.4, 0.5) is 5.00 Å². The number of nitrogens with one attached hydrogen (secondary N) is 1. The van der Waals surface area contributed by atoms with Crippen LogP contribution in [0.2, 0.25) is 0 Å². The molecule has 1 aromatic carbocycles. The van der Waals surface area contributed by atoms with Crippen molar-refractivity contribution in [1.29, 1.82) is 0 Å². The zero-order chi connectivity index (χ0) is 17.1. The zero-order valence-corrected chi connectivity index (χ0v) is 14.8. The predicted molar refractivity (Wildman–Crippen MR) is 96.0 cm³/mol. The van der Waals surface area contributed by atoms with E-state index in [1.54, 1.807) is 19.1 Å². The molecule has 1 heterocycles. The fourth-order valence-electron chi connectivity index (χ4n) is 2.95. The van der Waals surface area contributed by atoms with E-state index in [0.29, 0.717) is 22.7 Å². The topological polar surface area (TPSA) is 55.4 Å². The summed E-state index contributed by atoms with van der Waals surface area (Å²) in [6.45, 7) is 4.10. The van der Waals surface area contributed by atoms with Gasteiger partial charge in [-0.3, -0.25) is 4.79 Å². The van der Waals surface area contributed by atoms with E-state index >= 15 is 0 Å². The highest BCUT2D eigenvalue weighted by atomic mass is 32.1. The summed E-state index contributed by atoms with van der Waals surface area (Å²) in [7, 11) is 0. The fourth-order valence-corrected chi connectivity index (χ4v) is 4.23. The molecule has 0 radical (unpaired) electrons. The molecule has 0 saturated heterocycles. The van der Waals surface area contributed by atoms with Gasteiger partial charge in [0.05, 0.1) is 12.2 Å². The molecular formula is C19H21NO3S. The number of fused-ring (bicyclic) bond motifs is 1. The molecule has 24 heavy (non-hydrogen) atoms. The van der Waals surface area contributed by atoms with Gasteiger partial charge in [0.1, 0.15) is 5.00 Å². The molecule has 5 heteroatoms. The van der Waals surface area contributed by atoms with Crippen LogP contribution >= 0.6 is 11.3 Å². The first-order valence-corrected chi connectivity index (χ1v) is 9.11. The molecule has 0 aliphatic heterocycles. The molecule has 0 fully saturated rings. The Hall–Kier alpha value is -2.14. The van der Waals surface area contributed by atoms with Crippen LogP contribution in [0.25, 0.3) is 0 Å². The van der Waals surface area contributed by atoms with Crippen molar-refractivity contribution >= 4 is 28.2 Å². The smallest absolute Gasteiger partial charge is 0.341 e. The number of amides is 1. The summed E-state index contributed by atoms with van der Waals surface area (Å²) in [5, 5.41) is 3.54. The number of carbonyl (C=O) groups excluding carboxylic acids is 2. The molecule has 4 nitrogen and oxygen atoms in total. The van der Waals surface area contributed by atoms with Gasteiger partial charge in [0.25, 0.3) is 5.91 Å². The third-order valence-electron chi connectivity index (χ3n) is 4.19. The number of ether oxygens (including phenoxy) is 1. The molecule has 1 aliphatic carbocycles. The number of esters is 1. The fraction of sp³-hybridized carbons (Fsp3) is 0.368. The van der Waals surface area contributed by atoms with Gasteiger partial charge in [0.2, 0.25) is 0 Å². The molecule has 1 amide bonds.